The molecule has 1 aromatic carbocycles. The van der Waals surface area contributed by atoms with E-state index in [4.69, 9.17) is 0 Å². The number of benzene rings is 1. The summed E-state index contributed by atoms with van der Waals surface area (Å²) < 4.78 is 12.8. The zero-order valence-electron chi connectivity index (χ0n) is 13.4. The van der Waals surface area contributed by atoms with E-state index in [1.54, 1.807) is 0 Å². The minimum absolute atomic E-state index is 0.0775. The lowest BCUT2D eigenvalue weighted by Gasteiger charge is -2.27. The molecule has 0 aliphatic carbocycles. The summed E-state index contributed by atoms with van der Waals surface area (Å²) in [5.41, 5.74) is 0.507. The van der Waals surface area contributed by atoms with Crippen molar-refractivity contribution in [3.8, 4) is 0 Å². The Kier molecular flexibility index (Phi) is 6.52. The molecular formula is C17H24FN3O2. The summed E-state index contributed by atoms with van der Waals surface area (Å²) in [4.78, 5) is 23.7. The van der Waals surface area contributed by atoms with Gasteiger partial charge in [0.25, 0.3) is 0 Å². The molecule has 0 radical (unpaired) electrons. The Bertz CT molecular complexity index is 527. The number of nitrogens with one attached hydrogen (secondary N) is 3. The van der Waals surface area contributed by atoms with Gasteiger partial charge in [0, 0.05) is 12.1 Å². The van der Waals surface area contributed by atoms with E-state index in [-0.39, 0.29) is 24.2 Å². The molecule has 1 heterocycles. The van der Waals surface area contributed by atoms with Crippen molar-refractivity contribution in [2.24, 2.45) is 11.8 Å². The zero-order valence-corrected chi connectivity index (χ0v) is 13.4. The Labute approximate surface area is 136 Å². The normalized spacial score (nSPS) is 19.0. The van der Waals surface area contributed by atoms with Crippen molar-refractivity contribution in [2.45, 2.75) is 26.2 Å². The van der Waals surface area contributed by atoms with Crippen molar-refractivity contribution in [3.63, 3.8) is 0 Å². The summed E-state index contributed by atoms with van der Waals surface area (Å²) in [6.07, 6.45) is 2.72. The summed E-state index contributed by atoms with van der Waals surface area (Å²) in [5, 5.41) is 8.60. The molecule has 2 rings (SSSR count). The molecule has 1 fully saturated rings. The zero-order chi connectivity index (χ0) is 16.7. The van der Waals surface area contributed by atoms with Crippen LogP contribution in [0.2, 0.25) is 0 Å². The number of piperidine rings is 1. The SMILES string of the molecule is CC(CC(=O)NCC(=O)Nc1ccc(F)cc1)C1CCCNC1. The van der Waals surface area contributed by atoms with Crippen LogP contribution in [0.15, 0.2) is 24.3 Å². The van der Waals surface area contributed by atoms with E-state index in [1.807, 2.05) is 0 Å². The first-order valence-corrected chi connectivity index (χ1v) is 8.07. The number of carbonyl (C=O) groups is 2. The van der Waals surface area contributed by atoms with Gasteiger partial charge < -0.3 is 16.0 Å². The lowest BCUT2D eigenvalue weighted by molar-refractivity contribution is -0.125. The van der Waals surface area contributed by atoms with E-state index in [0.717, 1.165) is 25.9 Å². The highest BCUT2D eigenvalue weighted by Crippen LogP contribution is 2.22. The molecule has 6 heteroatoms. The van der Waals surface area contributed by atoms with E-state index in [2.05, 4.69) is 22.9 Å². The minimum Gasteiger partial charge on any atom is -0.347 e. The van der Waals surface area contributed by atoms with Gasteiger partial charge in [-0.3, -0.25) is 9.59 Å². The molecule has 2 amide bonds. The quantitative estimate of drug-likeness (QED) is 0.749. The highest BCUT2D eigenvalue weighted by Gasteiger charge is 2.22. The third kappa shape index (κ3) is 5.98. The van der Waals surface area contributed by atoms with E-state index in [1.165, 1.54) is 24.3 Å². The van der Waals surface area contributed by atoms with Gasteiger partial charge in [-0.2, -0.15) is 0 Å². The fourth-order valence-electron chi connectivity index (χ4n) is 2.81. The molecule has 1 aromatic rings. The van der Waals surface area contributed by atoms with Gasteiger partial charge in [-0.1, -0.05) is 6.92 Å². The number of hydrogen-bond acceptors (Lipinski definition) is 3. The topological polar surface area (TPSA) is 70.2 Å². The third-order valence-electron chi connectivity index (χ3n) is 4.22. The van der Waals surface area contributed by atoms with Crippen LogP contribution in [-0.2, 0) is 9.59 Å². The van der Waals surface area contributed by atoms with Crippen LogP contribution in [-0.4, -0.2) is 31.4 Å². The summed E-state index contributed by atoms with van der Waals surface area (Å²) in [7, 11) is 0. The summed E-state index contributed by atoms with van der Waals surface area (Å²) in [6.45, 7) is 4.01. The van der Waals surface area contributed by atoms with Crippen molar-refractivity contribution in [3.05, 3.63) is 30.1 Å². The van der Waals surface area contributed by atoms with Gasteiger partial charge in [0.05, 0.1) is 6.54 Å². The van der Waals surface area contributed by atoms with E-state index in [9.17, 15) is 14.0 Å². The van der Waals surface area contributed by atoms with Crippen LogP contribution in [0, 0.1) is 17.7 Å². The summed E-state index contributed by atoms with van der Waals surface area (Å²) in [5.74, 6) is 0.0160. The number of rotatable bonds is 6. The number of hydrogen-bond donors (Lipinski definition) is 3. The van der Waals surface area contributed by atoms with E-state index >= 15 is 0 Å². The van der Waals surface area contributed by atoms with Crippen LogP contribution in [0.5, 0.6) is 0 Å². The fraction of sp³-hybridized carbons (Fsp3) is 0.529. The van der Waals surface area contributed by atoms with Crippen LogP contribution in [0.1, 0.15) is 26.2 Å². The molecule has 3 N–H and O–H groups in total. The first kappa shape index (κ1) is 17.4. The molecular weight excluding hydrogens is 297 g/mol. The van der Waals surface area contributed by atoms with E-state index < -0.39 is 0 Å². The van der Waals surface area contributed by atoms with Gasteiger partial charge in [0.1, 0.15) is 5.82 Å². The van der Waals surface area contributed by atoms with Crippen molar-refractivity contribution in [1.29, 1.82) is 0 Å². The molecule has 1 aliphatic rings. The average Bonchev–Trinajstić information content (AvgIpc) is 2.56. The number of halogens is 1. The molecule has 0 spiro atoms. The van der Waals surface area contributed by atoms with Crippen LogP contribution in [0.25, 0.3) is 0 Å². The number of amides is 2. The molecule has 0 aromatic heterocycles. The molecule has 1 aliphatic heterocycles. The maximum Gasteiger partial charge on any atom is 0.243 e. The van der Waals surface area contributed by atoms with Gasteiger partial charge in [-0.25, -0.2) is 4.39 Å². The standard InChI is InChI=1S/C17H24FN3O2/c1-12(13-3-2-8-19-10-13)9-16(22)20-11-17(23)21-15-6-4-14(18)5-7-15/h4-7,12-13,19H,2-3,8-11H2,1H3,(H,20,22)(H,21,23). The lowest BCUT2D eigenvalue weighted by Crippen LogP contribution is -2.37. The van der Waals surface area contributed by atoms with Crippen molar-refractivity contribution >= 4 is 17.5 Å². The molecule has 2 atom stereocenters. The van der Waals surface area contributed by atoms with Crippen LogP contribution < -0.4 is 16.0 Å². The monoisotopic (exact) mass is 321 g/mol. The summed E-state index contributed by atoms with van der Waals surface area (Å²) in [6, 6.07) is 5.50. The Morgan fingerprint density at radius 1 is 1.30 bits per heavy atom. The second kappa shape index (κ2) is 8.62. The highest BCUT2D eigenvalue weighted by molar-refractivity contribution is 5.94. The Balaban J connectivity index is 1.68. The largest absolute Gasteiger partial charge is 0.347 e. The molecule has 2 unspecified atom stereocenters. The number of carbonyl (C=O) groups excluding carboxylic acids is 2. The Morgan fingerprint density at radius 2 is 2.04 bits per heavy atom. The molecule has 126 valence electrons. The second-order valence-corrected chi connectivity index (χ2v) is 6.12. The molecule has 23 heavy (non-hydrogen) atoms. The molecule has 1 saturated heterocycles. The van der Waals surface area contributed by atoms with Crippen LogP contribution in [0.3, 0.4) is 0 Å². The van der Waals surface area contributed by atoms with Gasteiger partial charge in [0.2, 0.25) is 11.8 Å². The summed E-state index contributed by atoms with van der Waals surface area (Å²) >= 11 is 0. The average molecular weight is 321 g/mol. The maximum absolute atomic E-state index is 12.8. The van der Waals surface area contributed by atoms with Crippen LogP contribution >= 0.6 is 0 Å². The molecule has 0 saturated carbocycles. The first-order chi connectivity index (χ1) is 11.0. The van der Waals surface area contributed by atoms with Crippen LogP contribution in [0.4, 0.5) is 10.1 Å². The van der Waals surface area contributed by atoms with Gasteiger partial charge >= 0.3 is 0 Å². The predicted molar refractivity (Wildman–Crippen MR) is 87.4 cm³/mol. The fourth-order valence-corrected chi connectivity index (χ4v) is 2.81. The van der Waals surface area contributed by atoms with Crippen molar-refractivity contribution in [2.75, 3.05) is 25.0 Å². The Morgan fingerprint density at radius 3 is 2.70 bits per heavy atom. The highest BCUT2D eigenvalue weighted by atomic mass is 19.1. The van der Waals surface area contributed by atoms with E-state index in [0.29, 0.717) is 23.9 Å². The molecule has 5 nitrogen and oxygen atoms in total. The first-order valence-electron chi connectivity index (χ1n) is 8.07. The maximum atomic E-state index is 12.8. The number of anilines is 1. The minimum atomic E-state index is -0.359. The second-order valence-electron chi connectivity index (χ2n) is 6.12. The van der Waals surface area contributed by atoms with Crippen molar-refractivity contribution in [1.82, 2.24) is 10.6 Å². The van der Waals surface area contributed by atoms with Gasteiger partial charge in [-0.15, -0.1) is 0 Å². The predicted octanol–water partition coefficient (Wildman–Crippen LogP) is 1.91. The lowest BCUT2D eigenvalue weighted by atomic mass is 9.85. The smallest absolute Gasteiger partial charge is 0.243 e. The van der Waals surface area contributed by atoms with Gasteiger partial charge in [-0.05, 0) is 62.0 Å². The molecule has 0 bridgehead atoms. The van der Waals surface area contributed by atoms with Gasteiger partial charge in [0.15, 0.2) is 0 Å². The van der Waals surface area contributed by atoms with Crippen molar-refractivity contribution < 1.29 is 14.0 Å². The third-order valence-corrected chi connectivity index (χ3v) is 4.22. The Hall–Kier alpha value is -1.95.